The van der Waals surface area contributed by atoms with E-state index in [1.54, 1.807) is 18.5 Å². The number of ether oxygens (including phenoxy) is 1. The Labute approximate surface area is 126 Å². The van der Waals surface area contributed by atoms with Crippen LogP contribution in [-0.2, 0) is 13.0 Å². The molecule has 1 aromatic carbocycles. The minimum Gasteiger partial charge on any atom is -0.494 e. The van der Waals surface area contributed by atoms with Crippen molar-refractivity contribution >= 4 is 16.9 Å². The minimum absolute atomic E-state index is 0.308. The highest BCUT2D eigenvalue weighted by molar-refractivity contribution is 5.87. The number of nitrogens with zero attached hydrogens (tertiary/aromatic N) is 3. The third-order valence-electron chi connectivity index (χ3n) is 4.12. The van der Waals surface area contributed by atoms with Gasteiger partial charge in [-0.15, -0.1) is 0 Å². The van der Waals surface area contributed by atoms with Crippen molar-refractivity contribution < 1.29 is 9.13 Å². The summed E-state index contributed by atoms with van der Waals surface area (Å²) in [6.45, 7) is 1.46. The zero-order valence-electron chi connectivity index (χ0n) is 12.1. The van der Waals surface area contributed by atoms with Gasteiger partial charge in [0.25, 0.3) is 0 Å². The number of halogens is 1. The standard InChI is InChI=1S/C16H15FN4O/c1-22-14-7-10-3-5-21(8-11(10)6-13(14)17)16-12-2-4-18-15(12)19-9-20-16/h2,4,6-7,9H,3,5,8H2,1H3,(H,18,19,20). The maximum atomic E-state index is 13.9. The summed E-state index contributed by atoms with van der Waals surface area (Å²) in [7, 11) is 1.49. The molecule has 0 saturated heterocycles. The molecule has 0 amide bonds. The van der Waals surface area contributed by atoms with Crippen molar-refractivity contribution in [3.8, 4) is 5.75 Å². The van der Waals surface area contributed by atoms with E-state index < -0.39 is 0 Å². The number of fused-ring (bicyclic) bond motifs is 2. The number of hydrogen-bond donors (Lipinski definition) is 1. The Morgan fingerprint density at radius 1 is 1.27 bits per heavy atom. The smallest absolute Gasteiger partial charge is 0.165 e. The Hall–Kier alpha value is -2.63. The monoisotopic (exact) mass is 298 g/mol. The molecule has 3 aromatic rings. The predicted molar refractivity (Wildman–Crippen MR) is 81.6 cm³/mol. The van der Waals surface area contributed by atoms with E-state index in [9.17, 15) is 4.39 Å². The van der Waals surface area contributed by atoms with Crippen LogP contribution >= 0.6 is 0 Å². The highest BCUT2D eigenvalue weighted by Crippen LogP contribution is 2.30. The van der Waals surface area contributed by atoms with Crippen LogP contribution in [0.1, 0.15) is 11.1 Å². The molecule has 6 heteroatoms. The first-order chi connectivity index (χ1) is 10.8. The van der Waals surface area contributed by atoms with E-state index in [0.29, 0.717) is 12.3 Å². The average molecular weight is 298 g/mol. The van der Waals surface area contributed by atoms with E-state index in [-0.39, 0.29) is 5.82 Å². The largest absolute Gasteiger partial charge is 0.494 e. The van der Waals surface area contributed by atoms with Gasteiger partial charge in [-0.05, 0) is 35.7 Å². The van der Waals surface area contributed by atoms with Gasteiger partial charge in [0.15, 0.2) is 11.6 Å². The zero-order valence-corrected chi connectivity index (χ0v) is 12.1. The van der Waals surface area contributed by atoms with Crippen molar-refractivity contribution in [3.05, 3.63) is 47.7 Å². The first kappa shape index (κ1) is 13.1. The lowest BCUT2D eigenvalue weighted by Gasteiger charge is -2.30. The molecular formula is C16H15FN4O. The zero-order chi connectivity index (χ0) is 15.1. The third-order valence-corrected chi connectivity index (χ3v) is 4.12. The molecule has 0 unspecified atom stereocenters. The Morgan fingerprint density at radius 3 is 3.05 bits per heavy atom. The predicted octanol–water partition coefficient (Wildman–Crippen LogP) is 2.67. The van der Waals surface area contributed by atoms with Crippen molar-refractivity contribution in [3.63, 3.8) is 0 Å². The maximum Gasteiger partial charge on any atom is 0.165 e. The van der Waals surface area contributed by atoms with E-state index in [2.05, 4.69) is 19.9 Å². The molecule has 1 N–H and O–H groups in total. The van der Waals surface area contributed by atoms with Gasteiger partial charge < -0.3 is 14.6 Å². The van der Waals surface area contributed by atoms with Crippen LogP contribution in [0.15, 0.2) is 30.7 Å². The van der Waals surface area contributed by atoms with Crippen LogP contribution in [0.2, 0.25) is 0 Å². The fourth-order valence-electron chi connectivity index (χ4n) is 3.00. The number of aromatic nitrogens is 3. The number of rotatable bonds is 2. The SMILES string of the molecule is COc1cc2c(cc1F)CN(c1ncnc3[nH]ccc13)CC2. The van der Waals surface area contributed by atoms with Gasteiger partial charge in [-0.25, -0.2) is 14.4 Å². The number of hydrogen-bond acceptors (Lipinski definition) is 4. The van der Waals surface area contributed by atoms with E-state index in [4.69, 9.17) is 4.74 Å². The lowest BCUT2D eigenvalue weighted by atomic mass is 9.99. The number of anilines is 1. The summed E-state index contributed by atoms with van der Waals surface area (Å²) in [5.74, 6) is 0.868. The Kier molecular flexibility index (Phi) is 2.96. The Morgan fingerprint density at radius 2 is 2.18 bits per heavy atom. The molecule has 1 aliphatic rings. The van der Waals surface area contributed by atoms with Gasteiger partial charge in [0.05, 0.1) is 12.5 Å². The van der Waals surface area contributed by atoms with Gasteiger partial charge >= 0.3 is 0 Å². The molecule has 0 spiro atoms. The van der Waals surface area contributed by atoms with Crippen LogP contribution in [0.4, 0.5) is 10.2 Å². The molecular weight excluding hydrogens is 283 g/mol. The average Bonchev–Trinajstić information content (AvgIpc) is 3.02. The third kappa shape index (κ3) is 1.99. The normalized spacial score (nSPS) is 14.2. The van der Waals surface area contributed by atoms with E-state index >= 15 is 0 Å². The van der Waals surface area contributed by atoms with Crippen molar-refractivity contribution in [2.45, 2.75) is 13.0 Å². The second-order valence-electron chi connectivity index (χ2n) is 5.36. The quantitative estimate of drug-likeness (QED) is 0.790. The number of aromatic amines is 1. The molecule has 5 nitrogen and oxygen atoms in total. The molecule has 22 heavy (non-hydrogen) atoms. The van der Waals surface area contributed by atoms with Gasteiger partial charge in [0.1, 0.15) is 17.8 Å². The Bertz CT molecular complexity index is 845. The summed E-state index contributed by atoms with van der Waals surface area (Å²) < 4.78 is 19.0. The first-order valence-electron chi connectivity index (χ1n) is 7.14. The summed E-state index contributed by atoms with van der Waals surface area (Å²) in [5, 5.41) is 0.986. The summed E-state index contributed by atoms with van der Waals surface area (Å²) in [6.07, 6.45) is 4.24. The van der Waals surface area contributed by atoms with Crippen LogP contribution in [0.3, 0.4) is 0 Å². The van der Waals surface area contributed by atoms with Crippen LogP contribution < -0.4 is 9.64 Å². The minimum atomic E-state index is -0.322. The second kappa shape index (κ2) is 4.98. The van der Waals surface area contributed by atoms with Crippen molar-refractivity contribution in [1.29, 1.82) is 0 Å². The fraction of sp³-hybridized carbons (Fsp3) is 0.250. The van der Waals surface area contributed by atoms with E-state index in [0.717, 1.165) is 40.9 Å². The van der Waals surface area contributed by atoms with E-state index in [1.165, 1.54) is 7.11 Å². The molecule has 0 fully saturated rings. The number of methoxy groups -OCH3 is 1. The van der Waals surface area contributed by atoms with Gasteiger partial charge in [-0.3, -0.25) is 0 Å². The molecule has 0 aliphatic carbocycles. The molecule has 0 radical (unpaired) electrons. The van der Waals surface area contributed by atoms with Crippen LogP contribution in [0.25, 0.3) is 11.0 Å². The van der Waals surface area contributed by atoms with Crippen molar-refractivity contribution in [2.24, 2.45) is 0 Å². The molecule has 3 heterocycles. The van der Waals surface area contributed by atoms with Crippen LogP contribution in [-0.4, -0.2) is 28.6 Å². The summed E-state index contributed by atoms with van der Waals surface area (Å²) in [5.41, 5.74) is 2.93. The number of benzene rings is 1. The van der Waals surface area contributed by atoms with E-state index in [1.807, 2.05) is 12.3 Å². The van der Waals surface area contributed by atoms with Gasteiger partial charge in [-0.1, -0.05) is 0 Å². The van der Waals surface area contributed by atoms with Crippen LogP contribution in [0.5, 0.6) is 5.75 Å². The molecule has 4 rings (SSSR count). The second-order valence-corrected chi connectivity index (χ2v) is 5.36. The van der Waals surface area contributed by atoms with Crippen LogP contribution in [0, 0.1) is 5.82 Å². The topological polar surface area (TPSA) is 54.0 Å². The molecule has 112 valence electrons. The molecule has 1 aliphatic heterocycles. The number of nitrogens with one attached hydrogen (secondary N) is 1. The summed E-state index contributed by atoms with van der Waals surface area (Å²) in [4.78, 5) is 13.9. The van der Waals surface area contributed by atoms with Crippen molar-refractivity contribution in [1.82, 2.24) is 15.0 Å². The van der Waals surface area contributed by atoms with Gasteiger partial charge in [-0.2, -0.15) is 0 Å². The highest BCUT2D eigenvalue weighted by Gasteiger charge is 2.21. The summed E-state index contributed by atoms with van der Waals surface area (Å²) in [6, 6.07) is 5.33. The van der Waals surface area contributed by atoms with Gasteiger partial charge in [0, 0.05) is 19.3 Å². The molecule has 2 aromatic heterocycles. The fourth-order valence-corrected chi connectivity index (χ4v) is 3.00. The molecule has 0 bridgehead atoms. The maximum absolute atomic E-state index is 13.9. The number of H-pyrrole nitrogens is 1. The first-order valence-corrected chi connectivity index (χ1v) is 7.14. The lowest BCUT2D eigenvalue weighted by Crippen LogP contribution is -2.31. The lowest BCUT2D eigenvalue weighted by molar-refractivity contribution is 0.385. The highest BCUT2D eigenvalue weighted by atomic mass is 19.1. The van der Waals surface area contributed by atoms with Gasteiger partial charge in [0.2, 0.25) is 0 Å². The van der Waals surface area contributed by atoms with Crippen molar-refractivity contribution in [2.75, 3.05) is 18.6 Å². The molecule has 0 saturated carbocycles. The summed E-state index contributed by atoms with van der Waals surface area (Å²) >= 11 is 0. The molecule has 0 atom stereocenters. The Balaban J connectivity index is 1.73.